The van der Waals surface area contributed by atoms with Gasteiger partial charge in [-0.25, -0.2) is 0 Å². The van der Waals surface area contributed by atoms with Crippen molar-refractivity contribution < 1.29 is 23.4 Å². The number of benzene rings is 2. The number of thioether (sulfide) groups is 1. The molecule has 0 radical (unpaired) electrons. The minimum atomic E-state index is 0.0613. The number of morpholine rings is 1. The summed E-state index contributed by atoms with van der Waals surface area (Å²) in [5.41, 5.74) is 2.69. The molecule has 4 rings (SSSR count). The Labute approximate surface area is 192 Å². The minimum Gasteiger partial charge on any atom is -0.493 e. The second kappa shape index (κ2) is 9.46. The molecule has 170 valence electrons. The molecule has 2 unspecified atom stereocenters. The van der Waals surface area contributed by atoms with Gasteiger partial charge in [-0.05, 0) is 56.0 Å². The molecule has 0 spiro atoms. The van der Waals surface area contributed by atoms with Crippen LogP contribution in [0.3, 0.4) is 0 Å². The summed E-state index contributed by atoms with van der Waals surface area (Å²) < 4.78 is 22.8. The van der Waals surface area contributed by atoms with Crippen molar-refractivity contribution in [3.63, 3.8) is 0 Å². The summed E-state index contributed by atoms with van der Waals surface area (Å²) in [7, 11) is 3.24. The van der Waals surface area contributed by atoms with E-state index in [4.69, 9.17) is 18.6 Å². The SMILES string of the molecule is COc1ccc(-c2oc3ccc(CC(=O)N4CC(C)OC(C)C4)cc3c2SC)cc1OC. The summed E-state index contributed by atoms with van der Waals surface area (Å²) in [5, 5.41) is 1.01. The fourth-order valence-electron chi connectivity index (χ4n) is 4.27. The van der Waals surface area contributed by atoms with Gasteiger partial charge in [-0.3, -0.25) is 4.79 Å². The van der Waals surface area contributed by atoms with Crippen molar-refractivity contribution in [2.45, 2.75) is 37.4 Å². The van der Waals surface area contributed by atoms with Gasteiger partial charge in [-0.15, -0.1) is 11.8 Å². The van der Waals surface area contributed by atoms with Crippen LogP contribution in [-0.4, -0.2) is 56.6 Å². The van der Waals surface area contributed by atoms with Gasteiger partial charge in [-0.1, -0.05) is 6.07 Å². The monoisotopic (exact) mass is 455 g/mol. The Hall–Kier alpha value is -2.64. The highest BCUT2D eigenvalue weighted by Gasteiger charge is 2.26. The molecule has 2 heterocycles. The molecule has 6 nitrogen and oxygen atoms in total. The van der Waals surface area contributed by atoms with Gasteiger partial charge in [0.05, 0.1) is 37.7 Å². The van der Waals surface area contributed by atoms with Crippen LogP contribution in [0.25, 0.3) is 22.3 Å². The second-order valence-corrected chi connectivity index (χ2v) is 8.91. The summed E-state index contributed by atoms with van der Waals surface area (Å²) in [6, 6.07) is 11.7. The van der Waals surface area contributed by atoms with E-state index in [1.807, 2.05) is 55.3 Å². The topological polar surface area (TPSA) is 61.1 Å². The largest absolute Gasteiger partial charge is 0.493 e. The van der Waals surface area contributed by atoms with Crippen LogP contribution in [0, 0.1) is 0 Å². The molecule has 0 bridgehead atoms. The average Bonchev–Trinajstić information content (AvgIpc) is 3.15. The number of methoxy groups -OCH3 is 2. The molecule has 1 fully saturated rings. The van der Waals surface area contributed by atoms with Crippen molar-refractivity contribution in [1.82, 2.24) is 4.90 Å². The molecule has 3 aromatic rings. The van der Waals surface area contributed by atoms with E-state index in [2.05, 4.69) is 6.07 Å². The lowest BCUT2D eigenvalue weighted by Crippen LogP contribution is -2.48. The van der Waals surface area contributed by atoms with Crippen LogP contribution < -0.4 is 9.47 Å². The first-order valence-electron chi connectivity index (χ1n) is 10.7. The number of nitrogens with zero attached hydrogens (tertiary/aromatic N) is 1. The molecule has 1 aliphatic heterocycles. The Morgan fingerprint density at radius 3 is 2.44 bits per heavy atom. The van der Waals surface area contributed by atoms with Gasteiger partial charge in [0.15, 0.2) is 11.5 Å². The Bertz CT molecular complexity index is 1110. The predicted octanol–water partition coefficient (Wildman–Crippen LogP) is 5.02. The first-order chi connectivity index (χ1) is 15.4. The van der Waals surface area contributed by atoms with Gasteiger partial charge in [0, 0.05) is 24.0 Å². The highest BCUT2D eigenvalue weighted by molar-refractivity contribution is 7.99. The lowest BCUT2D eigenvalue weighted by atomic mass is 10.1. The maximum Gasteiger partial charge on any atom is 0.227 e. The molecule has 7 heteroatoms. The van der Waals surface area contributed by atoms with Crippen molar-refractivity contribution in [3.8, 4) is 22.8 Å². The maximum absolute atomic E-state index is 12.9. The van der Waals surface area contributed by atoms with Crippen LogP contribution in [0.4, 0.5) is 0 Å². The van der Waals surface area contributed by atoms with Crippen LogP contribution in [0.5, 0.6) is 11.5 Å². The summed E-state index contributed by atoms with van der Waals surface area (Å²) in [6.45, 7) is 5.29. The summed E-state index contributed by atoms with van der Waals surface area (Å²) in [5.74, 6) is 2.23. The van der Waals surface area contributed by atoms with Crippen molar-refractivity contribution >= 4 is 28.6 Å². The van der Waals surface area contributed by atoms with E-state index in [-0.39, 0.29) is 18.1 Å². The maximum atomic E-state index is 12.9. The average molecular weight is 456 g/mol. The Balaban J connectivity index is 1.64. The van der Waals surface area contributed by atoms with Gasteiger partial charge in [0.25, 0.3) is 0 Å². The number of ether oxygens (including phenoxy) is 3. The van der Waals surface area contributed by atoms with E-state index in [9.17, 15) is 4.79 Å². The number of amides is 1. The number of hydrogen-bond donors (Lipinski definition) is 0. The third-order valence-corrected chi connectivity index (χ3v) is 6.50. The van der Waals surface area contributed by atoms with Crippen LogP contribution >= 0.6 is 11.8 Å². The number of carbonyl (C=O) groups excluding carboxylic acids is 1. The lowest BCUT2D eigenvalue weighted by Gasteiger charge is -2.35. The van der Waals surface area contributed by atoms with Crippen molar-refractivity contribution in [2.75, 3.05) is 33.6 Å². The molecule has 1 amide bonds. The van der Waals surface area contributed by atoms with Gasteiger partial charge in [0.2, 0.25) is 5.91 Å². The van der Waals surface area contributed by atoms with Gasteiger partial charge < -0.3 is 23.5 Å². The number of furan rings is 1. The molecule has 2 atom stereocenters. The zero-order valence-corrected chi connectivity index (χ0v) is 20.0. The molecule has 0 saturated carbocycles. The molecule has 1 saturated heterocycles. The molecule has 2 aromatic carbocycles. The van der Waals surface area contributed by atoms with E-state index in [0.717, 1.165) is 32.8 Å². The first-order valence-corrected chi connectivity index (χ1v) is 11.9. The Kier molecular flexibility index (Phi) is 6.67. The van der Waals surface area contributed by atoms with Crippen molar-refractivity contribution in [2.24, 2.45) is 0 Å². The van der Waals surface area contributed by atoms with E-state index in [1.54, 1.807) is 26.0 Å². The fourth-order valence-corrected chi connectivity index (χ4v) is 4.99. The molecule has 0 N–H and O–H groups in total. The lowest BCUT2D eigenvalue weighted by molar-refractivity contribution is -0.142. The van der Waals surface area contributed by atoms with E-state index in [1.165, 1.54) is 0 Å². The predicted molar refractivity (Wildman–Crippen MR) is 127 cm³/mol. The van der Waals surface area contributed by atoms with Gasteiger partial charge in [0.1, 0.15) is 11.3 Å². The number of carbonyl (C=O) groups is 1. The standard InChI is InChI=1S/C25H29NO5S/c1-15-13-26(14-16(2)30-15)23(27)11-17-6-8-20-19(10-17)25(32-5)24(31-20)18-7-9-21(28-3)22(12-18)29-4/h6-10,12,15-16H,11,13-14H2,1-5H3. The zero-order valence-electron chi connectivity index (χ0n) is 19.1. The first kappa shape index (κ1) is 22.6. The second-order valence-electron chi connectivity index (χ2n) is 8.10. The van der Waals surface area contributed by atoms with Gasteiger partial charge in [-0.2, -0.15) is 0 Å². The van der Waals surface area contributed by atoms with Crippen LogP contribution in [-0.2, 0) is 16.0 Å². The normalized spacial score (nSPS) is 18.7. The summed E-state index contributed by atoms with van der Waals surface area (Å²) in [4.78, 5) is 15.9. The third-order valence-electron chi connectivity index (χ3n) is 5.68. The highest BCUT2D eigenvalue weighted by atomic mass is 32.2. The summed E-state index contributed by atoms with van der Waals surface area (Å²) in [6.07, 6.45) is 2.51. The number of hydrogen-bond acceptors (Lipinski definition) is 6. The molecule has 0 aliphatic carbocycles. The van der Waals surface area contributed by atoms with Crippen molar-refractivity contribution in [3.05, 3.63) is 42.0 Å². The molecular weight excluding hydrogens is 426 g/mol. The summed E-state index contributed by atoms with van der Waals surface area (Å²) >= 11 is 1.63. The molecule has 1 aromatic heterocycles. The smallest absolute Gasteiger partial charge is 0.227 e. The molecule has 32 heavy (non-hydrogen) atoms. The highest BCUT2D eigenvalue weighted by Crippen LogP contribution is 2.42. The number of rotatable bonds is 6. The fraction of sp³-hybridized carbons (Fsp3) is 0.400. The Morgan fingerprint density at radius 1 is 1.06 bits per heavy atom. The number of fused-ring (bicyclic) bond motifs is 1. The van der Waals surface area contributed by atoms with E-state index < -0.39 is 0 Å². The van der Waals surface area contributed by atoms with Crippen LogP contribution in [0.15, 0.2) is 45.7 Å². The molecule has 1 aliphatic rings. The van der Waals surface area contributed by atoms with Crippen LogP contribution in [0.1, 0.15) is 19.4 Å². The Morgan fingerprint density at radius 2 is 1.78 bits per heavy atom. The van der Waals surface area contributed by atoms with E-state index >= 15 is 0 Å². The quantitative estimate of drug-likeness (QED) is 0.487. The van der Waals surface area contributed by atoms with E-state index in [0.29, 0.717) is 31.0 Å². The van der Waals surface area contributed by atoms with Crippen LogP contribution in [0.2, 0.25) is 0 Å². The molecular formula is C25H29NO5S. The zero-order chi connectivity index (χ0) is 22.8. The van der Waals surface area contributed by atoms with Crippen molar-refractivity contribution in [1.29, 1.82) is 0 Å². The minimum absolute atomic E-state index is 0.0613. The third kappa shape index (κ3) is 4.45. The van der Waals surface area contributed by atoms with Gasteiger partial charge >= 0.3 is 0 Å².